The number of azo groups is 2. The van der Waals surface area contributed by atoms with Crippen molar-refractivity contribution in [1.82, 2.24) is 26.6 Å². The standard InChI is InChI=1S/C88H130N14O31/c1-87(2,3)132-85(118)97-72(83(114)115)57-61(81(110)111)9-7-11-75(104)92-63-13-21-67(22-14-63)99-101-69-25-17-65(18-26-69)94-78(107)59-90-74(103)30-29-71(96-77(106)31-33-120-35-37-122-39-41-124-43-45-126-47-49-128-51-53-130-55-56-131-54-52-129-50-48-127-46-44-125-42-40-123-38-36-121-34-32-89)80(109)91-60-79(108)95-66-19-27-70(28-20-66)102-100-68-23-15-64(16-24-68)93-76(105)12-8-10-62(82(112)113)58-73(84(116)117)98-86(119)133-88(4,5)6/h13-28,61-62,71-73H,7-12,29-60,89H2,1-6H3,(H,90,103)(H,91,109)(H,92,104)(H,93,105)(H,94,107)(H,95,108)(H,96,106)(H,97,118)(H,98,119)(H,110,111)(H,112,113)(H,114,115)(H,116,117)/t61-,62-,71+,72-,73-/m0/s1. The molecular weight excluding hydrogens is 1750 g/mol. The number of amides is 9. The fourth-order valence-electron chi connectivity index (χ4n) is 11.3. The SMILES string of the molecule is CC(C)(C)OC(=O)N[C@@H](C[C@H](CCCC(=O)Nc1ccc(N=Nc2ccc(NC(=O)CNC(=O)CC[C@@H](NC(=O)CCOCCOCCOCCOCCOCCOCCOCCOCCOCCOCCOCCOCCN)C(=O)NCC(=O)Nc3ccc(N=Nc4ccc(NC(=O)CCC[C@@H](C[C@H](NC(=O)OC(C)(C)C)C(=O)O)C(=O)O)cc4)cc3)cc2)cc1)C(=O)O)C(=O)O. The first-order chi connectivity index (χ1) is 63.7. The molecular formula is C88H130N14O31. The third-order valence-electron chi connectivity index (χ3n) is 17.8. The Labute approximate surface area is 771 Å². The van der Waals surface area contributed by atoms with Gasteiger partial charge in [-0.1, -0.05) is 0 Å². The van der Waals surface area contributed by atoms with Gasteiger partial charge in [0.1, 0.15) is 29.3 Å². The minimum atomic E-state index is -1.54. The molecule has 5 atom stereocenters. The van der Waals surface area contributed by atoms with Crippen LogP contribution in [0.5, 0.6) is 0 Å². The van der Waals surface area contributed by atoms with Gasteiger partial charge in [0, 0.05) is 55.0 Å². The van der Waals surface area contributed by atoms with E-state index >= 15 is 0 Å². The summed E-state index contributed by atoms with van der Waals surface area (Å²) in [7, 11) is 0. The number of benzene rings is 4. The zero-order chi connectivity index (χ0) is 97.3. The van der Waals surface area contributed by atoms with Crippen molar-refractivity contribution in [2.75, 3.05) is 199 Å². The zero-order valence-corrected chi connectivity index (χ0v) is 76.2. The molecule has 0 saturated carbocycles. The Morgan fingerprint density at radius 1 is 0.301 bits per heavy atom. The van der Waals surface area contributed by atoms with E-state index in [9.17, 15) is 82.8 Å². The molecule has 0 bridgehead atoms. The maximum Gasteiger partial charge on any atom is 0.408 e. The highest BCUT2D eigenvalue weighted by atomic mass is 16.6. The summed E-state index contributed by atoms with van der Waals surface area (Å²) in [6.45, 7) is 18.0. The topological polar surface area (TPSA) is 616 Å². The molecule has 45 heteroatoms. The van der Waals surface area contributed by atoms with Crippen LogP contribution in [0.15, 0.2) is 118 Å². The van der Waals surface area contributed by atoms with E-state index in [0.717, 1.165) is 0 Å². The molecule has 9 amide bonds. The fourth-order valence-corrected chi connectivity index (χ4v) is 11.3. The zero-order valence-electron chi connectivity index (χ0n) is 76.2. The lowest BCUT2D eigenvalue weighted by Gasteiger charge is -2.23. The lowest BCUT2D eigenvalue weighted by molar-refractivity contribution is -0.146. The number of nitrogens with one attached hydrogen (secondary N) is 9. The number of carboxylic acid groups (broad SMARTS) is 4. The van der Waals surface area contributed by atoms with E-state index in [1.165, 1.54) is 12.1 Å². The van der Waals surface area contributed by atoms with Crippen molar-refractivity contribution in [3.63, 3.8) is 0 Å². The highest BCUT2D eigenvalue weighted by Crippen LogP contribution is 2.26. The maximum absolute atomic E-state index is 13.7. The molecule has 738 valence electrons. The molecule has 133 heavy (non-hydrogen) atoms. The molecule has 0 fully saturated rings. The highest BCUT2D eigenvalue weighted by Gasteiger charge is 2.33. The summed E-state index contributed by atoms with van der Waals surface area (Å²) < 4.78 is 76.1. The van der Waals surface area contributed by atoms with E-state index in [4.69, 9.17) is 72.0 Å². The van der Waals surface area contributed by atoms with Crippen molar-refractivity contribution in [2.45, 2.75) is 141 Å². The first-order valence-electron chi connectivity index (χ1n) is 43.5. The minimum absolute atomic E-state index is 0.0470. The number of carbonyl (C=O) groups excluding carboxylic acids is 9. The van der Waals surface area contributed by atoms with Crippen LogP contribution in [0.25, 0.3) is 0 Å². The Kier molecular flexibility index (Phi) is 57.6. The van der Waals surface area contributed by atoms with Gasteiger partial charge in [0.05, 0.1) is 206 Å². The van der Waals surface area contributed by atoms with Crippen molar-refractivity contribution in [3.05, 3.63) is 97.1 Å². The van der Waals surface area contributed by atoms with Gasteiger partial charge in [-0.2, -0.15) is 20.5 Å². The Morgan fingerprint density at radius 2 is 0.571 bits per heavy atom. The third-order valence-corrected chi connectivity index (χ3v) is 17.8. The lowest BCUT2D eigenvalue weighted by Crippen LogP contribution is -2.49. The number of hydrogen-bond donors (Lipinski definition) is 14. The number of rotatable bonds is 73. The summed E-state index contributed by atoms with van der Waals surface area (Å²) >= 11 is 0. The van der Waals surface area contributed by atoms with Gasteiger partial charge >= 0.3 is 36.1 Å². The minimum Gasteiger partial charge on any atom is -0.481 e. The number of aliphatic carboxylic acids is 4. The second kappa shape index (κ2) is 67.4. The second-order valence-electron chi connectivity index (χ2n) is 31.2. The van der Waals surface area contributed by atoms with Gasteiger partial charge in [0.2, 0.25) is 41.4 Å². The Bertz CT molecular complexity index is 4180. The smallest absolute Gasteiger partial charge is 0.408 e. The Hall–Kier alpha value is -11.7. The molecule has 0 aliphatic carbocycles. The van der Waals surface area contributed by atoms with Gasteiger partial charge in [0.15, 0.2) is 0 Å². The predicted molar refractivity (Wildman–Crippen MR) is 480 cm³/mol. The predicted octanol–water partition coefficient (Wildman–Crippen LogP) is 7.50. The molecule has 0 aliphatic heterocycles. The molecule has 45 nitrogen and oxygen atoms in total. The Morgan fingerprint density at radius 3 is 0.842 bits per heavy atom. The summed E-state index contributed by atoms with van der Waals surface area (Å²) in [6.07, 6.45) is -3.77. The normalized spacial score (nSPS) is 12.6. The molecule has 0 spiro atoms. The first kappa shape index (κ1) is 114. The number of carbonyl (C=O) groups is 13. The molecule has 4 aromatic rings. The summed E-state index contributed by atoms with van der Waals surface area (Å²) in [4.78, 5) is 164. The van der Waals surface area contributed by atoms with Crippen LogP contribution in [-0.4, -0.2) is 305 Å². The number of ether oxygens (including phenoxy) is 14. The number of nitrogens with zero attached hydrogens (tertiary/aromatic N) is 4. The van der Waals surface area contributed by atoms with E-state index in [0.29, 0.717) is 178 Å². The summed E-state index contributed by atoms with van der Waals surface area (Å²) in [5.74, 6) is -12.0. The molecule has 0 heterocycles. The number of hydrogen-bond acceptors (Lipinski definition) is 32. The molecule has 15 N–H and O–H groups in total. The van der Waals surface area contributed by atoms with E-state index in [1.54, 1.807) is 126 Å². The van der Waals surface area contributed by atoms with Crippen LogP contribution in [0.3, 0.4) is 0 Å². The van der Waals surface area contributed by atoms with Gasteiger partial charge in [-0.3, -0.25) is 43.2 Å². The van der Waals surface area contributed by atoms with Crippen molar-refractivity contribution in [2.24, 2.45) is 38.0 Å². The van der Waals surface area contributed by atoms with Gasteiger partial charge < -0.3 is 140 Å². The average molecular weight is 1880 g/mol. The van der Waals surface area contributed by atoms with Gasteiger partial charge in [-0.15, -0.1) is 0 Å². The number of nitrogens with two attached hydrogens (primary N) is 1. The van der Waals surface area contributed by atoms with Crippen LogP contribution in [0.4, 0.5) is 55.1 Å². The summed E-state index contributed by atoms with van der Waals surface area (Å²) in [5, 5.41) is 78.3. The van der Waals surface area contributed by atoms with Crippen LogP contribution < -0.4 is 53.6 Å². The fraction of sp³-hybridized carbons (Fsp3) is 0.580. The van der Waals surface area contributed by atoms with Crippen molar-refractivity contribution >= 4 is 123 Å². The average Bonchev–Trinajstić information content (AvgIpc) is 0.895. The second-order valence-corrected chi connectivity index (χ2v) is 31.2. The van der Waals surface area contributed by atoms with Crippen LogP contribution in [0.1, 0.15) is 112 Å². The van der Waals surface area contributed by atoms with E-state index in [2.05, 4.69) is 68.3 Å². The summed E-state index contributed by atoms with van der Waals surface area (Å²) in [6, 6.07) is 20.6. The van der Waals surface area contributed by atoms with Gasteiger partial charge in [0.25, 0.3) is 0 Å². The van der Waals surface area contributed by atoms with Crippen molar-refractivity contribution < 1.29 is 149 Å². The molecule has 0 aromatic heterocycles. The van der Waals surface area contributed by atoms with Crippen LogP contribution in [-0.2, 0) is 119 Å². The first-order valence-corrected chi connectivity index (χ1v) is 43.5. The van der Waals surface area contributed by atoms with E-state index in [-0.39, 0.29) is 90.8 Å². The molecule has 0 saturated heterocycles. The molecule has 4 aromatic carbocycles. The van der Waals surface area contributed by atoms with Crippen molar-refractivity contribution in [3.8, 4) is 0 Å². The van der Waals surface area contributed by atoms with Gasteiger partial charge in [-0.25, -0.2) is 19.2 Å². The molecule has 0 aliphatic rings. The maximum atomic E-state index is 13.7. The number of alkyl carbamates (subject to hydrolysis) is 2. The lowest BCUT2D eigenvalue weighted by atomic mass is 9.94. The van der Waals surface area contributed by atoms with Crippen LogP contribution in [0.2, 0.25) is 0 Å². The monoisotopic (exact) mass is 1880 g/mol. The molecule has 4 rings (SSSR count). The van der Waals surface area contributed by atoms with E-state index in [1.807, 2.05) is 0 Å². The van der Waals surface area contributed by atoms with Gasteiger partial charge in [-0.05, 0) is 184 Å². The van der Waals surface area contributed by atoms with Crippen LogP contribution in [0, 0.1) is 11.8 Å². The number of carboxylic acids is 4. The Balaban J connectivity index is 1.17. The number of anilines is 4. The quantitative estimate of drug-likeness (QED) is 0.0150. The molecule has 0 unspecified atom stereocenters. The highest BCUT2D eigenvalue weighted by molar-refractivity contribution is 5.97. The van der Waals surface area contributed by atoms with E-state index < -0.39 is 145 Å². The van der Waals surface area contributed by atoms with Crippen LogP contribution >= 0.6 is 0 Å². The largest absolute Gasteiger partial charge is 0.481 e. The summed E-state index contributed by atoms with van der Waals surface area (Å²) in [5.41, 5.74) is 6.60. The third kappa shape index (κ3) is 58.0. The van der Waals surface area contributed by atoms with Crippen molar-refractivity contribution in [1.29, 1.82) is 0 Å². The molecule has 0 radical (unpaired) electrons.